The second-order valence-corrected chi connectivity index (χ2v) is 3.50. The molecule has 1 heterocycles. The van der Waals surface area contributed by atoms with Crippen LogP contribution in [-0.2, 0) is 12.1 Å². The van der Waals surface area contributed by atoms with Gasteiger partial charge in [0.25, 0.3) is 0 Å². The summed E-state index contributed by atoms with van der Waals surface area (Å²) in [7, 11) is 0. The quantitative estimate of drug-likeness (QED) is 0.779. The zero-order valence-corrected chi connectivity index (χ0v) is 8.01. The molecule has 1 aromatic rings. The van der Waals surface area contributed by atoms with Crippen LogP contribution in [0.25, 0.3) is 0 Å². The summed E-state index contributed by atoms with van der Waals surface area (Å²) in [6.45, 7) is 3.45. The molecule has 13 heavy (non-hydrogen) atoms. The van der Waals surface area contributed by atoms with Crippen LogP contribution in [0.1, 0.15) is 31.9 Å². The average Bonchev–Trinajstić information content (AvgIpc) is 2.47. The van der Waals surface area contributed by atoms with Gasteiger partial charge >= 0.3 is 0 Å². The van der Waals surface area contributed by atoms with Gasteiger partial charge in [0.15, 0.2) is 5.67 Å². The SMILES string of the molecule is CC(C)(F)c1ncc(CCCN)o1. The standard InChI is InChI=1S/C9H15FN2O/c1-9(2,10)8-12-6-7(13-8)4-3-5-11/h6H,3-5,11H2,1-2H3. The van der Waals surface area contributed by atoms with Gasteiger partial charge in [0.1, 0.15) is 5.76 Å². The summed E-state index contributed by atoms with van der Waals surface area (Å²) >= 11 is 0. The van der Waals surface area contributed by atoms with Gasteiger partial charge in [-0.05, 0) is 26.8 Å². The van der Waals surface area contributed by atoms with Crippen molar-refractivity contribution >= 4 is 0 Å². The molecule has 0 saturated carbocycles. The van der Waals surface area contributed by atoms with Crippen LogP contribution < -0.4 is 5.73 Å². The Bertz CT molecular complexity index is 265. The third kappa shape index (κ3) is 2.81. The number of halogens is 1. The molecule has 1 aromatic heterocycles. The first-order valence-corrected chi connectivity index (χ1v) is 4.38. The monoisotopic (exact) mass is 186 g/mol. The number of rotatable bonds is 4. The Morgan fingerprint density at radius 3 is 2.77 bits per heavy atom. The van der Waals surface area contributed by atoms with Gasteiger partial charge in [0.05, 0.1) is 6.20 Å². The molecule has 1 rings (SSSR count). The number of aromatic nitrogens is 1. The van der Waals surface area contributed by atoms with Gasteiger partial charge in [-0.1, -0.05) is 0 Å². The van der Waals surface area contributed by atoms with Crippen molar-refractivity contribution in [3.8, 4) is 0 Å². The molecule has 0 amide bonds. The Labute approximate surface area is 77.1 Å². The maximum absolute atomic E-state index is 13.3. The van der Waals surface area contributed by atoms with Crippen LogP contribution in [-0.4, -0.2) is 11.5 Å². The molecule has 2 N–H and O–H groups in total. The van der Waals surface area contributed by atoms with E-state index < -0.39 is 5.67 Å². The highest BCUT2D eigenvalue weighted by Crippen LogP contribution is 2.23. The summed E-state index contributed by atoms with van der Waals surface area (Å²) in [6, 6.07) is 0. The van der Waals surface area contributed by atoms with Crippen LogP contribution >= 0.6 is 0 Å². The predicted octanol–water partition coefficient (Wildman–Crippen LogP) is 1.77. The topological polar surface area (TPSA) is 52.0 Å². The molecule has 0 aliphatic carbocycles. The fraction of sp³-hybridized carbons (Fsp3) is 0.667. The number of hydrogen-bond donors (Lipinski definition) is 1. The van der Waals surface area contributed by atoms with Crippen LogP contribution in [0.4, 0.5) is 4.39 Å². The Morgan fingerprint density at radius 2 is 2.31 bits per heavy atom. The number of hydrogen-bond acceptors (Lipinski definition) is 3. The zero-order valence-electron chi connectivity index (χ0n) is 8.01. The number of aryl methyl sites for hydroxylation is 1. The Hall–Kier alpha value is -0.900. The molecule has 0 fully saturated rings. The molecule has 0 aliphatic rings. The van der Waals surface area contributed by atoms with Crippen molar-refractivity contribution in [1.29, 1.82) is 0 Å². The lowest BCUT2D eigenvalue weighted by Crippen LogP contribution is -2.08. The molecule has 0 unspecified atom stereocenters. The molecule has 0 bridgehead atoms. The summed E-state index contributed by atoms with van der Waals surface area (Å²) in [5.41, 5.74) is 3.83. The highest BCUT2D eigenvalue weighted by molar-refractivity contribution is 5.00. The van der Waals surface area contributed by atoms with Crippen molar-refractivity contribution in [2.75, 3.05) is 6.54 Å². The molecule has 0 aliphatic heterocycles. The van der Waals surface area contributed by atoms with E-state index in [2.05, 4.69) is 4.98 Å². The van der Waals surface area contributed by atoms with Crippen LogP contribution in [0.15, 0.2) is 10.6 Å². The molecule has 0 atom stereocenters. The van der Waals surface area contributed by atoms with Crippen molar-refractivity contribution in [1.82, 2.24) is 4.98 Å². The molecule has 4 heteroatoms. The smallest absolute Gasteiger partial charge is 0.231 e. The molecular formula is C9H15FN2O. The molecule has 74 valence electrons. The molecule has 0 spiro atoms. The van der Waals surface area contributed by atoms with Crippen LogP contribution in [0, 0.1) is 0 Å². The number of nitrogens with two attached hydrogens (primary N) is 1. The zero-order chi connectivity index (χ0) is 9.90. The second-order valence-electron chi connectivity index (χ2n) is 3.50. The third-order valence-corrected chi connectivity index (χ3v) is 1.69. The average molecular weight is 186 g/mol. The molecule has 0 aromatic carbocycles. The van der Waals surface area contributed by atoms with E-state index >= 15 is 0 Å². The summed E-state index contributed by atoms with van der Waals surface area (Å²) in [5, 5.41) is 0. The summed E-state index contributed by atoms with van der Waals surface area (Å²) in [6.07, 6.45) is 3.12. The first kappa shape index (κ1) is 10.2. The first-order valence-electron chi connectivity index (χ1n) is 4.38. The summed E-state index contributed by atoms with van der Waals surface area (Å²) in [4.78, 5) is 3.86. The van der Waals surface area contributed by atoms with Gasteiger partial charge in [-0.25, -0.2) is 9.37 Å². The van der Waals surface area contributed by atoms with Crippen molar-refractivity contribution in [2.45, 2.75) is 32.4 Å². The number of nitrogens with zero attached hydrogens (tertiary/aromatic N) is 1. The third-order valence-electron chi connectivity index (χ3n) is 1.69. The lowest BCUT2D eigenvalue weighted by molar-refractivity contribution is 0.167. The number of oxazole rings is 1. The van der Waals surface area contributed by atoms with Gasteiger partial charge in [-0.15, -0.1) is 0 Å². The van der Waals surface area contributed by atoms with Crippen molar-refractivity contribution in [2.24, 2.45) is 5.73 Å². The minimum Gasteiger partial charge on any atom is -0.442 e. The van der Waals surface area contributed by atoms with E-state index in [1.54, 1.807) is 6.20 Å². The lowest BCUT2D eigenvalue weighted by atomic mass is 10.2. The second kappa shape index (κ2) is 3.87. The lowest BCUT2D eigenvalue weighted by Gasteiger charge is -2.07. The van der Waals surface area contributed by atoms with Gasteiger partial charge in [-0.2, -0.15) is 0 Å². The first-order chi connectivity index (χ1) is 6.04. The summed E-state index contributed by atoms with van der Waals surface area (Å²) in [5.74, 6) is 0.839. The van der Waals surface area contributed by atoms with Crippen LogP contribution in [0.2, 0.25) is 0 Å². The predicted molar refractivity (Wildman–Crippen MR) is 48.0 cm³/mol. The van der Waals surface area contributed by atoms with Crippen molar-refractivity contribution in [3.05, 3.63) is 17.8 Å². The Morgan fingerprint density at radius 1 is 1.62 bits per heavy atom. The molecule has 0 radical (unpaired) electrons. The maximum Gasteiger partial charge on any atom is 0.231 e. The fourth-order valence-electron chi connectivity index (χ4n) is 0.974. The Balaban J connectivity index is 2.64. The van der Waals surface area contributed by atoms with Gasteiger partial charge < -0.3 is 10.2 Å². The minimum absolute atomic E-state index is 0.138. The largest absolute Gasteiger partial charge is 0.442 e. The van der Waals surface area contributed by atoms with E-state index in [0.29, 0.717) is 12.3 Å². The highest BCUT2D eigenvalue weighted by atomic mass is 19.1. The minimum atomic E-state index is -1.50. The van der Waals surface area contributed by atoms with E-state index in [1.165, 1.54) is 13.8 Å². The van der Waals surface area contributed by atoms with Gasteiger partial charge in [0, 0.05) is 6.42 Å². The Kier molecular flexibility index (Phi) is 3.03. The van der Waals surface area contributed by atoms with E-state index in [0.717, 1.165) is 12.8 Å². The van der Waals surface area contributed by atoms with Crippen molar-refractivity contribution in [3.63, 3.8) is 0 Å². The number of alkyl halides is 1. The van der Waals surface area contributed by atoms with Crippen LogP contribution in [0.5, 0.6) is 0 Å². The fourth-order valence-corrected chi connectivity index (χ4v) is 0.974. The van der Waals surface area contributed by atoms with E-state index in [4.69, 9.17) is 10.2 Å². The highest BCUT2D eigenvalue weighted by Gasteiger charge is 2.24. The van der Waals surface area contributed by atoms with E-state index in [9.17, 15) is 4.39 Å². The summed E-state index contributed by atoms with van der Waals surface area (Å²) < 4.78 is 18.5. The van der Waals surface area contributed by atoms with Gasteiger partial charge in [0.2, 0.25) is 5.89 Å². The molecular weight excluding hydrogens is 171 g/mol. The van der Waals surface area contributed by atoms with E-state index in [1.807, 2.05) is 0 Å². The normalized spacial score (nSPS) is 12.0. The maximum atomic E-state index is 13.3. The van der Waals surface area contributed by atoms with E-state index in [-0.39, 0.29) is 5.89 Å². The van der Waals surface area contributed by atoms with Crippen LogP contribution in [0.3, 0.4) is 0 Å². The van der Waals surface area contributed by atoms with Gasteiger partial charge in [-0.3, -0.25) is 0 Å². The molecule has 3 nitrogen and oxygen atoms in total. The molecule has 0 saturated heterocycles. The van der Waals surface area contributed by atoms with Crippen molar-refractivity contribution < 1.29 is 8.81 Å².